The summed E-state index contributed by atoms with van der Waals surface area (Å²) in [5.74, 6) is -0.934. The Morgan fingerprint density at radius 1 is 1.57 bits per heavy atom. The molecule has 0 bridgehead atoms. The van der Waals surface area contributed by atoms with Crippen molar-refractivity contribution in [2.24, 2.45) is 5.92 Å². The van der Waals surface area contributed by atoms with E-state index in [1.165, 1.54) is 0 Å². The van der Waals surface area contributed by atoms with Crippen LogP contribution in [0.2, 0.25) is 0 Å². The number of hydrogen-bond acceptors (Lipinski definition) is 3. The van der Waals surface area contributed by atoms with Crippen LogP contribution in [-0.4, -0.2) is 47.6 Å². The van der Waals surface area contributed by atoms with Crippen molar-refractivity contribution in [1.29, 1.82) is 0 Å². The van der Waals surface area contributed by atoms with Crippen LogP contribution >= 0.6 is 0 Å². The van der Waals surface area contributed by atoms with Crippen molar-refractivity contribution in [2.45, 2.75) is 19.9 Å². The lowest BCUT2D eigenvalue weighted by atomic mass is 10.0. The number of amides is 1. The molecule has 1 rings (SSSR count). The summed E-state index contributed by atoms with van der Waals surface area (Å²) in [5, 5.41) is 11.7. The molecule has 0 aromatic carbocycles. The molecule has 1 saturated heterocycles. The first-order chi connectivity index (χ1) is 6.52. The molecule has 0 saturated carbocycles. The SMILES string of the molecule is CC(C)C(C(=O)O)N1CCNC(=O)C1. The van der Waals surface area contributed by atoms with E-state index in [-0.39, 0.29) is 18.4 Å². The maximum atomic E-state index is 11.1. The molecule has 1 fully saturated rings. The maximum absolute atomic E-state index is 11.1. The van der Waals surface area contributed by atoms with Crippen molar-refractivity contribution in [3.05, 3.63) is 0 Å². The fourth-order valence-electron chi connectivity index (χ4n) is 1.76. The van der Waals surface area contributed by atoms with E-state index in [0.29, 0.717) is 13.1 Å². The van der Waals surface area contributed by atoms with E-state index >= 15 is 0 Å². The molecule has 0 radical (unpaired) electrons. The van der Waals surface area contributed by atoms with Crippen molar-refractivity contribution < 1.29 is 14.7 Å². The Kier molecular flexibility index (Phi) is 3.46. The summed E-state index contributed by atoms with van der Waals surface area (Å²) >= 11 is 0. The van der Waals surface area contributed by atoms with Crippen LogP contribution in [-0.2, 0) is 9.59 Å². The maximum Gasteiger partial charge on any atom is 0.321 e. The highest BCUT2D eigenvalue weighted by atomic mass is 16.4. The summed E-state index contributed by atoms with van der Waals surface area (Å²) in [7, 11) is 0. The Labute approximate surface area is 83.1 Å². The van der Waals surface area contributed by atoms with Crippen LogP contribution < -0.4 is 5.32 Å². The van der Waals surface area contributed by atoms with Gasteiger partial charge in [-0.3, -0.25) is 14.5 Å². The third-order valence-corrected chi connectivity index (χ3v) is 2.35. The van der Waals surface area contributed by atoms with Crippen molar-refractivity contribution in [3.63, 3.8) is 0 Å². The number of piperazine rings is 1. The Morgan fingerprint density at radius 2 is 2.21 bits per heavy atom. The van der Waals surface area contributed by atoms with Gasteiger partial charge in [0.15, 0.2) is 0 Å². The lowest BCUT2D eigenvalue weighted by Crippen LogP contribution is -2.55. The minimum Gasteiger partial charge on any atom is -0.480 e. The van der Waals surface area contributed by atoms with Gasteiger partial charge >= 0.3 is 5.97 Å². The van der Waals surface area contributed by atoms with Gasteiger partial charge in [-0.25, -0.2) is 0 Å². The van der Waals surface area contributed by atoms with E-state index in [0.717, 1.165) is 0 Å². The molecule has 0 aliphatic carbocycles. The molecule has 1 aliphatic rings. The van der Waals surface area contributed by atoms with Gasteiger partial charge in [0.25, 0.3) is 0 Å². The molecule has 1 heterocycles. The third-order valence-electron chi connectivity index (χ3n) is 2.35. The summed E-state index contributed by atoms with van der Waals surface area (Å²) in [6.07, 6.45) is 0. The highest BCUT2D eigenvalue weighted by molar-refractivity contribution is 5.80. The molecule has 0 aromatic rings. The van der Waals surface area contributed by atoms with E-state index < -0.39 is 12.0 Å². The molecule has 80 valence electrons. The molecular weight excluding hydrogens is 184 g/mol. The van der Waals surface area contributed by atoms with Crippen LogP contribution in [0.5, 0.6) is 0 Å². The van der Waals surface area contributed by atoms with Gasteiger partial charge < -0.3 is 10.4 Å². The summed E-state index contributed by atoms with van der Waals surface area (Å²) in [6.45, 7) is 5.04. The number of nitrogens with one attached hydrogen (secondary N) is 1. The number of hydrogen-bond donors (Lipinski definition) is 2. The first-order valence-electron chi connectivity index (χ1n) is 4.76. The van der Waals surface area contributed by atoms with Crippen LogP contribution in [0.15, 0.2) is 0 Å². The molecule has 5 nitrogen and oxygen atoms in total. The van der Waals surface area contributed by atoms with Crippen LogP contribution in [0.3, 0.4) is 0 Å². The lowest BCUT2D eigenvalue weighted by molar-refractivity contribution is -0.146. The Hall–Kier alpha value is -1.10. The Balaban J connectivity index is 2.67. The van der Waals surface area contributed by atoms with Gasteiger partial charge in [0.2, 0.25) is 5.91 Å². The summed E-state index contributed by atoms with van der Waals surface area (Å²) in [5.41, 5.74) is 0. The van der Waals surface area contributed by atoms with Gasteiger partial charge in [-0.2, -0.15) is 0 Å². The monoisotopic (exact) mass is 200 g/mol. The normalized spacial score (nSPS) is 20.6. The van der Waals surface area contributed by atoms with Crippen LogP contribution in [0.25, 0.3) is 0 Å². The summed E-state index contributed by atoms with van der Waals surface area (Å²) in [4.78, 5) is 23.8. The van der Waals surface area contributed by atoms with E-state index in [2.05, 4.69) is 5.32 Å². The number of aliphatic carboxylic acids is 1. The Bertz CT molecular complexity index is 240. The fraction of sp³-hybridized carbons (Fsp3) is 0.778. The highest BCUT2D eigenvalue weighted by Gasteiger charge is 2.31. The van der Waals surface area contributed by atoms with Crippen LogP contribution in [0.4, 0.5) is 0 Å². The number of nitrogens with zero attached hydrogens (tertiary/aromatic N) is 1. The first-order valence-corrected chi connectivity index (χ1v) is 4.76. The standard InChI is InChI=1S/C9H16N2O3/c1-6(2)8(9(13)14)11-4-3-10-7(12)5-11/h6,8H,3-5H2,1-2H3,(H,10,12)(H,13,14). The second-order valence-electron chi connectivity index (χ2n) is 3.85. The van der Waals surface area contributed by atoms with Gasteiger partial charge in [0.1, 0.15) is 6.04 Å². The number of rotatable bonds is 3. The lowest BCUT2D eigenvalue weighted by Gasteiger charge is -2.33. The molecule has 0 aromatic heterocycles. The number of carbonyl (C=O) groups is 2. The second kappa shape index (κ2) is 4.41. The fourth-order valence-corrected chi connectivity index (χ4v) is 1.76. The Morgan fingerprint density at radius 3 is 2.64 bits per heavy atom. The average Bonchev–Trinajstić information content (AvgIpc) is 2.02. The quantitative estimate of drug-likeness (QED) is 0.646. The number of carbonyl (C=O) groups excluding carboxylic acids is 1. The van der Waals surface area contributed by atoms with Crippen LogP contribution in [0.1, 0.15) is 13.8 Å². The molecule has 1 atom stereocenters. The third kappa shape index (κ3) is 2.45. The summed E-state index contributed by atoms with van der Waals surface area (Å²) < 4.78 is 0. The number of carboxylic acids is 1. The van der Waals surface area contributed by atoms with Gasteiger partial charge in [-0.05, 0) is 5.92 Å². The zero-order chi connectivity index (χ0) is 10.7. The second-order valence-corrected chi connectivity index (χ2v) is 3.85. The highest BCUT2D eigenvalue weighted by Crippen LogP contribution is 2.11. The van der Waals surface area contributed by atoms with E-state index in [1.54, 1.807) is 4.90 Å². The molecule has 5 heteroatoms. The zero-order valence-electron chi connectivity index (χ0n) is 8.49. The molecule has 1 unspecified atom stereocenters. The van der Waals surface area contributed by atoms with E-state index in [9.17, 15) is 9.59 Å². The van der Waals surface area contributed by atoms with E-state index in [4.69, 9.17) is 5.11 Å². The average molecular weight is 200 g/mol. The molecule has 14 heavy (non-hydrogen) atoms. The largest absolute Gasteiger partial charge is 0.480 e. The minimum absolute atomic E-state index is 0.0124. The molecule has 2 N–H and O–H groups in total. The molecular formula is C9H16N2O3. The predicted octanol–water partition coefficient (Wildman–Crippen LogP) is -0.473. The first kappa shape index (κ1) is 11.0. The van der Waals surface area contributed by atoms with Gasteiger partial charge in [-0.15, -0.1) is 0 Å². The minimum atomic E-state index is -0.852. The van der Waals surface area contributed by atoms with Crippen molar-refractivity contribution >= 4 is 11.9 Å². The molecule has 1 aliphatic heterocycles. The topological polar surface area (TPSA) is 69.6 Å². The number of carboxylic acid groups (broad SMARTS) is 1. The van der Waals surface area contributed by atoms with Crippen LogP contribution in [0, 0.1) is 5.92 Å². The zero-order valence-corrected chi connectivity index (χ0v) is 8.49. The predicted molar refractivity (Wildman–Crippen MR) is 50.8 cm³/mol. The summed E-state index contributed by atoms with van der Waals surface area (Å²) in [6, 6.07) is -0.555. The van der Waals surface area contributed by atoms with Crippen molar-refractivity contribution in [1.82, 2.24) is 10.2 Å². The van der Waals surface area contributed by atoms with E-state index in [1.807, 2.05) is 13.8 Å². The van der Waals surface area contributed by atoms with Crippen molar-refractivity contribution in [3.8, 4) is 0 Å². The van der Waals surface area contributed by atoms with Gasteiger partial charge in [-0.1, -0.05) is 13.8 Å². The van der Waals surface area contributed by atoms with Gasteiger partial charge in [0, 0.05) is 13.1 Å². The van der Waals surface area contributed by atoms with Crippen molar-refractivity contribution in [2.75, 3.05) is 19.6 Å². The smallest absolute Gasteiger partial charge is 0.321 e. The van der Waals surface area contributed by atoms with Gasteiger partial charge in [0.05, 0.1) is 6.54 Å². The molecule has 1 amide bonds. The molecule has 0 spiro atoms.